The number of amides is 1. The molecule has 0 atom stereocenters. The molecule has 1 amide bonds. The molecule has 8 nitrogen and oxygen atoms in total. The van der Waals surface area contributed by atoms with Crippen molar-refractivity contribution in [2.75, 3.05) is 25.1 Å². The van der Waals surface area contributed by atoms with Crippen LogP contribution in [0.5, 0.6) is 5.75 Å². The van der Waals surface area contributed by atoms with Gasteiger partial charge in [0.1, 0.15) is 0 Å². The molecule has 27 heavy (non-hydrogen) atoms. The maximum absolute atomic E-state index is 12.0. The van der Waals surface area contributed by atoms with Crippen molar-refractivity contribution in [1.29, 1.82) is 0 Å². The number of hydrogen-bond acceptors (Lipinski definition) is 6. The van der Waals surface area contributed by atoms with Crippen LogP contribution in [0.2, 0.25) is 0 Å². The van der Waals surface area contributed by atoms with Crippen molar-refractivity contribution in [3.8, 4) is 5.75 Å². The maximum Gasteiger partial charge on any atom is 0.418 e. The second-order valence-corrected chi connectivity index (χ2v) is 6.22. The number of benzene rings is 1. The Kier molecular flexibility index (Phi) is 5.44. The van der Waals surface area contributed by atoms with Crippen LogP contribution in [-0.2, 0) is 4.74 Å². The van der Waals surface area contributed by atoms with Gasteiger partial charge in [-0.1, -0.05) is 12.7 Å². The van der Waals surface area contributed by atoms with Crippen LogP contribution in [0.25, 0.3) is 6.08 Å². The molecule has 142 valence electrons. The molecule has 0 saturated carbocycles. The van der Waals surface area contributed by atoms with Crippen LogP contribution in [0, 0.1) is 10.1 Å². The highest BCUT2D eigenvalue weighted by atomic mass is 16.6. The molecule has 2 aliphatic rings. The quantitative estimate of drug-likeness (QED) is 0.580. The molecule has 8 heteroatoms. The summed E-state index contributed by atoms with van der Waals surface area (Å²) in [6.07, 6.45) is 9.26. The molecular weight excluding hydrogens is 350 g/mol. The van der Waals surface area contributed by atoms with Gasteiger partial charge in [-0.25, -0.2) is 4.79 Å². The van der Waals surface area contributed by atoms with Crippen molar-refractivity contribution < 1.29 is 19.2 Å². The van der Waals surface area contributed by atoms with Crippen LogP contribution < -0.4 is 9.64 Å². The lowest BCUT2D eigenvalue weighted by molar-refractivity contribution is -0.385. The average Bonchev–Trinajstić information content (AvgIpc) is 2.91. The summed E-state index contributed by atoms with van der Waals surface area (Å²) in [6, 6.07) is 3.20. The summed E-state index contributed by atoms with van der Waals surface area (Å²) in [4.78, 5) is 26.6. The van der Waals surface area contributed by atoms with Gasteiger partial charge in [-0.05, 0) is 25.0 Å². The normalized spacial score (nSPS) is 17.4. The van der Waals surface area contributed by atoms with Crippen LogP contribution >= 0.6 is 0 Å². The summed E-state index contributed by atoms with van der Waals surface area (Å²) >= 11 is 0. The van der Waals surface area contributed by atoms with Gasteiger partial charge in [0.05, 0.1) is 18.3 Å². The first kappa shape index (κ1) is 18.5. The predicted octanol–water partition coefficient (Wildman–Crippen LogP) is 3.69. The number of anilines is 1. The smallest absolute Gasteiger partial charge is 0.418 e. The van der Waals surface area contributed by atoms with Crippen molar-refractivity contribution in [3.05, 3.63) is 59.0 Å². The Morgan fingerprint density at radius 2 is 2.07 bits per heavy atom. The third kappa shape index (κ3) is 3.79. The highest BCUT2D eigenvalue weighted by Crippen LogP contribution is 2.37. The molecule has 2 aliphatic heterocycles. The van der Waals surface area contributed by atoms with E-state index < -0.39 is 4.92 Å². The molecule has 1 fully saturated rings. The van der Waals surface area contributed by atoms with Gasteiger partial charge in [-0.15, -0.1) is 0 Å². The van der Waals surface area contributed by atoms with E-state index in [-0.39, 0.29) is 23.6 Å². The summed E-state index contributed by atoms with van der Waals surface area (Å²) in [5, 5.41) is 11.2. The monoisotopic (exact) mass is 371 g/mol. The van der Waals surface area contributed by atoms with Gasteiger partial charge in [-0.3, -0.25) is 15.0 Å². The number of allylic oxidation sites excluding steroid dienone is 2. The van der Waals surface area contributed by atoms with Crippen molar-refractivity contribution in [1.82, 2.24) is 4.90 Å². The minimum Gasteiger partial charge on any atom is -0.490 e. The number of piperidine rings is 1. The Morgan fingerprint density at radius 1 is 1.33 bits per heavy atom. The molecule has 2 heterocycles. The van der Waals surface area contributed by atoms with Crippen LogP contribution in [0.3, 0.4) is 0 Å². The fourth-order valence-corrected chi connectivity index (χ4v) is 3.38. The number of hydrogen-bond donors (Lipinski definition) is 0. The van der Waals surface area contributed by atoms with E-state index in [9.17, 15) is 14.9 Å². The Morgan fingerprint density at radius 3 is 2.70 bits per heavy atom. The molecule has 0 radical (unpaired) electrons. The van der Waals surface area contributed by atoms with Crippen LogP contribution in [0.4, 0.5) is 16.2 Å². The summed E-state index contributed by atoms with van der Waals surface area (Å²) in [6.45, 7) is 5.16. The van der Waals surface area contributed by atoms with Crippen LogP contribution in [0.1, 0.15) is 18.4 Å². The van der Waals surface area contributed by atoms with E-state index in [1.165, 1.54) is 19.4 Å². The first-order valence-electron chi connectivity index (χ1n) is 8.61. The third-order valence-electron chi connectivity index (χ3n) is 4.76. The van der Waals surface area contributed by atoms with Gasteiger partial charge >= 0.3 is 11.8 Å². The lowest BCUT2D eigenvalue weighted by Gasteiger charge is -2.37. The van der Waals surface area contributed by atoms with Gasteiger partial charge in [-0.2, -0.15) is 0 Å². The standard InChI is InChI=1S/C19H21N3O5/c1-3-14-12-17(22(24)25)18(26-2)13-16(14)20-9-6-15(7-10-20)21-8-4-5-11-27-19(21)23/h3-5,8,11-13,15H,1,6-7,9-10H2,2H3. The number of nitro groups is 1. The van der Waals surface area contributed by atoms with Crippen LogP contribution in [-0.4, -0.2) is 42.2 Å². The van der Waals surface area contributed by atoms with E-state index in [1.807, 2.05) is 0 Å². The number of methoxy groups -OCH3 is 1. The van der Waals surface area contributed by atoms with Gasteiger partial charge < -0.3 is 14.4 Å². The number of rotatable bonds is 5. The average molecular weight is 371 g/mol. The number of carbonyl (C=O) groups excluding carboxylic acids is 1. The van der Waals surface area contributed by atoms with E-state index in [1.54, 1.807) is 35.4 Å². The largest absolute Gasteiger partial charge is 0.490 e. The lowest BCUT2D eigenvalue weighted by Crippen LogP contribution is -2.45. The van der Waals surface area contributed by atoms with Crippen molar-refractivity contribution in [2.24, 2.45) is 0 Å². The molecule has 1 aromatic carbocycles. The fourth-order valence-electron chi connectivity index (χ4n) is 3.38. The SMILES string of the molecule is C=Cc1cc([N+](=O)[O-])c(OC)cc1N1CCC(N2C=CC=COC2=O)CC1. The molecule has 1 saturated heterocycles. The highest BCUT2D eigenvalue weighted by Gasteiger charge is 2.29. The number of ether oxygens (including phenoxy) is 2. The van der Waals surface area contributed by atoms with Crippen LogP contribution in [0.15, 0.2) is 43.3 Å². The number of nitro benzene ring substituents is 1. The molecular formula is C19H21N3O5. The topological polar surface area (TPSA) is 85.2 Å². The van der Waals surface area contributed by atoms with E-state index in [2.05, 4.69) is 11.5 Å². The van der Waals surface area contributed by atoms with Gasteiger partial charge in [0.25, 0.3) is 0 Å². The summed E-state index contributed by atoms with van der Waals surface area (Å²) in [5.74, 6) is 0.216. The zero-order valence-electron chi connectivity index (χ0n) is 15.0. The summed E-state index contributed by atoms with van der Waals surface area (Å²) < 4.78 is 10.2. The van der Waals surface area contributed by atoms with E-state index in [0.717, 1.165) is 18.5 Å². The second-order valence-electron chi connectivity index (χ2n) is 6.22. The molecule has 1 aromatic rings. The summed E-state index contributed by atoms with van der Waals surface area (Å²) in [5.41, 5.74) is 1.43. The van der Waals surface area contributed by atoms with Gasteiger partial charge in [0.2, 0.25) is 0 Å². The van der Waals surface area contributed by atoms with Gasteiger partial charge in [0.15, 0.2) is 5.75 Å². The van der Waals surface area contributed by atoms with Crippen molar-refractivity contribution >= 4 is 23.5 Å². The molecule has 0 spiro atoms. The highest BCUT2D eigenvalue weighted by molar-refractivity contribution is 5.74. The molecule has 0 N–H and O–H groups in total. The Balaban J connectivity index is 1.78. The zero-order valence-corrected chi connectivity index (χ0v) is 15.0. The molecule has 0 bridgehead atoms. The molecule has 0 aromatic heterocycles. The first-order valence-corrected chi connectivity index (χ1v) is 8.61. The maximum atomic E-state index is 12.0. The minimum atomic E-state index is -0.465. The predicted molar refractivity (Wildman–Crippen MR) is 102 cm³/mol. The van der Waals surface area contributed by atoms with Gasteiger partial charge in [0, 0.05) is 48.7 Å². The summed E-state index contributed by atoms with van der Waals surface area (Å²) in [7, 11) is 1.41. The van der Waals surface area contributed by atoms with Crippen molar-refractivity contribution in [3.63, 3.8) is 0 Å². The number of cyclic esters (lactones) is 1. The Bertz CT molecular complexity index is 810. The second kappa shape index (κ2) is 7.94. The molecule has 0 unspecified atom stereocenters. The Labute approximate surface area is 157 Å². The molecule has 3 rings (SSSR count). The van der Waals surface area contributed by atoms with E-state index in [4.69, 9.17) is 9.47 Å². The third-order valence-corrected chi connectivity index (χ3v) is 4.76. The number of nitrogens with zero attached hydrogens (tertiary/aromatic N) is 3. The van der Waals surface area contributed by atoms with E-state index >= 15 is 0 Å². The Hall–Kier alpha value is -3.29. The number of carbonyl (C=O) groups is 1. The lowest BCUT2D eigenvalue weighted by atomic mass is 10.0. The first-order chi connectivity index (χ1) is 13.0. The fraction of sp³-hybridized carbons (Fsp3) is 0.316. The van der Waals surface area contributed by atoms with E-state index in [0.29, 0.717) is 18.7 Å². The minimum absolute atomic E-state index is 0.0389. The van der Waals surface area contributed by atoms with Crippen molar-refractivity contribution in [2.45, 2.75) is 18.9 Å². The molecule has 0 aliphatic carbocycles. The zero-order chi connectivity index (χ0) is 19.4.